The molecule has 2 rings (SSSR count). The van der Waals surface area contributed by atoms with Gasteiger partial charge in [0.15, 0.2) is 0 Å². The van der Waals surface area contributed by atoms with Gasteiger partial charge in [-0.15, -0.1) is 0 Å². The van der Waals surface area contributed by atoms with Crippen LogP contribution in [-0.2, 0) is 0 Å². The van der Waals surface area contributed by atoms with Crippen molar-refractivity contribution in [3.8, 4) is 11.5 Å². The van der Waals surface area contributed by atoms with E-state index in [9.17, 15) is 0 Å². The summed E-state index contributed by atoms with van der Waals surface area (Å²) in [6.45, 7) is -0.109. The van der Waals surface area contributed by atoms with Gasteiger partial charge in [-0.2, -0.15) is 0 Å². The predicted molar refractivity (Wildman–Crippen MR) is 58.4 cm³/mol. The summed E-state index contributed by atoms with van der Waals surface area (Å²) in [5.74, 6) is 2.14. The summed E-state index contributed by atoms with van der Waals surface area (Å²) < 4.78 is 10.6. The van der Waals surface area contributed by atoms with Crippen molar-refractivity contribution in [2.24, 2.45) is 5.73 Å². The normalized spacial score (nSPS) is 15.7. The van der Waals surface area contributed by atoms with Crippen LogP contribution in [0.3, 0.4) is 0 Å². The highest BCUT2D eigenvalue weighted by molar-refractivity contribution is 7.99. The third kappa shape index (κ3) is 1.90. The lowest BCUT2D eigenvalue weighted by Gasteiger charge is -2.14. The fourth-order valence-corrected chi connectivity index (χ4v) is 2.27. The first-order valence-corrected chi connectivity index (χ1v) is 5.58. The molecule has 15 heavy (non-hydrogen) atoms. The van der Waals surface area contributed by atoms with Crippen LogP contribution < -0.4 is 15.2 Å². The van der Waals surface area contributed by atoms with E-state index in [2.05, 4.69) is 0 Å². The second-order valence-corrected chi connectivity index (χ2v) is 4.20. The Hall–Kier alpha value is -0.910. The van der Waals surface area contributed by atoms with Crippen molar-refractivity contribution in [3.63, 3.8) is 0 Å². The zero-order valence-electron chi connectivity index (χ0n) is 8.40. The van der Waals surface area contributed by atoms with Crippen molar-refractivity contribution < 1.29 is 14.6 Å². The summed E-state index contributed by atoms with van der Waals surface area (Å²) in [6, 6.07) is 3.31. The van der Waals surface area contributed by atoms with Gasteiger partial charge in [-0.3, -0.25) is 0 Å². The number of nitrogens with two attached hydrogens (primary N) is 1. The minimum Gasteiger partial charge on any atom is -0.496 e. The molecule has 0 spiro atoms. The van der Waals surface area contributed by atoms with E-state index in [0.29, 0.717) is 11.7 Å². The number of hydrogen-bond acceptors (Lipinski definition) is 5. The summed E-state index contributed by atoms with van der Waals surface area (Å²) in [6.07, 6.45) is 0. The number of hydrogen-bond donors (Lipinski definition) is 2. The van der Waals surface area contributed by atoms with Gasteiger partial charge in [-0.25, -0.2) is 0 Å². The molecule has 0 saturated carbocycles. The maximum Gasteiger partial charge on any atom is 0.138 e. The molecule has 1 unspecified atom stereocenters. The number of methoxy groups -OCH3 is 1. The maximum absolute atomic E-state index is 9.03. The first-order chi connectivity index (χ1) is 7.26. The van der Waals surface area contributed by atoms with Gasteiger partial charge < -0.3 is 20.3 Å². The molecular formula is C10H13NO3S. The second kappa shape index (κ2) is 4.30. The Morgan fingerprint density at radius 2 is 2.47 bits per heavy atom. The molecule has 5 heteroatoms. The van der Waals surface area contributed by atoms with Crippen molar-refractivity contribution in [1.82, 2.24) is 0 Å². The van der Waals surface area contributed by atoms with Gasteiger partial charge in [0.2, 0.25) is 0 Å². The summed E-state index contributed by atoms with van der Waals surface area (Å²) in [4.78, 5) is 1.06. The standard InChI is InChI=1S/C10H13NO3S/c1-13-8-3-10-9(14-5-15-10)2-6(8)7(11)4-12/h2-3,7,12H,4-5,11H2,1H3. The van der Waals surface area contributed by atoms with Crippen LogP contribution in [0.5, 0.6) is 11.5 Å². The van der Waals surface area contributed by atoms with Crippen molar-refractivity contribution in [1.29, 1.82) is 0 Å². The Morgan fingerprint density at radius 3 is 3.13 bits per heavy atom. The lowest BCUT2D eigenvalue weighted by atomic mass is 10.1. The number of thioether (sulfide) groups is 1. The average Bonchev–Trinajstić information content (AvgIpc) is 2.73. The van der Waals surface area contributed by atoms with Gasteiger partial charge >= 0.3 is 0 Å². The molecule has 0 amide bonds. The minimum absolute atomic E-state index is 0.109. The smallest absolute Gasteiger partial charge is 0.138 e. The first-order valence-electron chi connectivity index (χ1n) is 4.60. The van der Waals surface area contributed by atoms with Crippen molar-refractivity contribution >= 4 is 11.8 Å². The zero-order valence-corrected chi connectivity index (χ0v) is 9.21. The highest BCUT2D eigenvalue weighted by Crippen LogP contribution is 2.41. The molecule has 1 aromatic carbocycles. The highest BCUT2D eigenvalue weighted by Gasteiger charge is 2.19. The van der Waals surface area contributed by atoms with Gasteiger partial charge in [0.1, 0.15) is 17.4 Å². The third-order valence-electron chi connectivity index (χ3n) is 2.32. The number of aliphatic hydroxyl groups excluding tert-OH is 1. The molecule has 0 saturated heterocycles. The second-order valence-electron chi connectivity index (χ2n) is 3.24. The zero-order chi connectivity index (χ0) is 10.8. The topological polar surface area (TPSA) is 64.7 Å². The van der Waals surface area contributed by atoms with Crippen LogP contribution in [0.2, 0.25) is 0 Å². The largest absolute Gasteiger partial charge is 0.496 e. The number of ether oxygens (including phenoxy) is 2. The third-order valence-corrected chi connectivity index (χ3v) is 3.19. The Balaban J connectivity index is 2.44. The van der Waals surface area contributed by atoms with Crippen molar-refractivity contribution in [3.05, 3.63) is 17.7 Å². The van der Waals surface area contributed by atoms with E-state index in [1.165, 1.54) is 0 Å². The van der Waals surface area contributed by atoms with Gasteiger partial charge in [0.05, 0.1) is 24.7 Å². The molecule has 1 aliphatic heterocycles. The van der Waals surface area contributed by atoms with Gasteiger partial charge in [0.25, 0.3) is 0 Å². The molecule has 1 atom stereocenters. The van der Waals surface area contributed by atoms with Crippen LogP contribution in [0.1, 0.15) is 11.6 Å². The lowest BCUT2D eigenvalue weighted by molar-refractivity contribution is 0.264. The van der Waals surface area contributed by atoms with E-state index in [1.807, 2.05) is 12.1 Å². The van der Waals surface area contributed by atoms with E-state index in [-0.39, 0.29) is 6.61 Å². The van der Waals surface area contributed by atoms with Crippen molar-refractivity contribution in [2.45, 2.75) is 10.9 Å². The van der Waals surface area contributed by atoms with Crippen LogP contribution in [0, 0.1) is 0 Å². The molecular weight excluding hydrogens is 214 g/mol. The molecule has 82 valence electrons. The van der Waals surface area contributed by atoms with E-state index in [4.69, 9.17) is 20.3 Å². The molecule has 0 radical (unpaired) electrons. The van der Waals surface area contributed by atoms with Gasteiger partial charge in [0, 0.05) is 5.56 Å². The Morgan fingerprint density at radius 1 is 1.67 bits per heavy atom. The van der Waals surface area contributed by atoms with Gasteiger partial charge in [-0.1, -0.05) is 11.8 Å². The van der Waals surface area contributed by atoms with E-state index in [1.54, 1.807) is 18.9 Å². The van der Waals surface area contributed by atoms with Crippen LogP contribution in [0.15, 0.2) is 17.0 Å². The SMILES string of the molecule is COc1cc2c(cc1C(N)CO)OCS2. The number of benzene rings is 1. The van der Waals surface area contributed by atoms with Crippen molar-refractivity contribution in [2.75, 3.05) is 19.7 Å². The fourth-order valence-electron chi connectivity index (χ4n) is 1.50. The first kappa shape index (κ1) is 10.6. The predicted octanol–water partition coefficient (Wildman–Crippen LogP) is 1.13. The van der Waals surface area contributed by atoms with Crippen LogP contribution in [-0.4, -0.2) is 24.8 Å². The van der Waals surface area contributed by atoms with Gasteiger partial charge in [-0.05, 0) is 12.1 Å². The molecule has 1 aromatic rings. The summed E-state index contributed by atoms with van der Waals surface area (Å²) in [5, 5.41) is 9.03. The number of rotatable bonds is 3. The quantitative estimate of drug-likeness (QED) is 0.810. The maximum atomic E-state index is 9.03. The van der Waals surface area contributed by atoms with E-state index in [0.717, 1.165) is 16.2 Å². The summed E-state index contributed by atoms with van der Waals surface area (Å²) in [5.41, 5.74) is 6.55. The molecule has 0 fully saturated rings. The lowest BCUT2D eigenvalue weighted by Crippen LogP contribution is -2.15. The Kier molecular flexibility index (Phi) is 3.04. The summed E-state index contributed by atoms with van der Waals surface area (Å²) in [7, 11) is 1.59. The molecule has 4 nitrogen and oxygen atoms in total. The van der Waals surface area contributed by atoms with E-state index >= 15 is 0 Å². The van der Waals surface area contributed by atoms with Crippen LogP contribution in [0.4, 0.5) is 0 Å². The fraction of sp³-hybridized carbons (Fsp3) is 0.400. The molecule has 0 aromatic heterocycles. The Labute approximate surface area is 92.4 Å². The van der Waals surface area contributed by atoms with E-state index < -0.39 is 6.04 Å². The highest BCUT2D eigenvalue weighted by atomic mass is 32.2. The number of aliphatic hydroxyl groups is 1. The Bertz CT molecular complexity index is 370. The van der Waals surface area contributed by atoms with Crippen LogP contribution in [0.25, 0.3) is 0 Å². The minimum atomic E-state index is -0.431. The average molecular weight is 227 g/mol. The summed E-state index contributed by atoms with van der Waals surface area (Å²) >= 11 is 1.62. The molecule has 3 N–H and O–H groups in total. The molecule has 0 aliphatic carbocycles. The molecule has 1 aliphatic rings. The monoisotopic (exact) mass is 227 g/mol. The van der Waals surface area contributed by atoms with Crippen LogP contribution >= 0.6 is 11.8 Å². The molecule has 1 heterocycles. The number of fused-ring (bicyclic) bond motifs is 1. The molecule has 0 bridgehead atoms.